The SMILES string of the molecule is N#Cc1ccc(C(=O)Nc2ccc3nc(NC(=O)c4ccccc4)sc3c2)cc1. The second-order valence-corrected chi connectivity index (χ2v) is 7.20. The first-order valence-corrected chi connectivity index (χ1v) is 9.52. The molecule has 0 aliphatic carbocycles. The fourth-order valence-corrected chi connectivity index (χ4v) is 3.61. The number of carbonyl (C=O) groups excluding carboxylic acids is 2. The van der Waals surface area contributed by atoms with Gasteiger partial charge in [0.25, 0.3) is 11.8 Å². The first-order chi connectivity index (χ1) is 14.1. The Labute approximate surface area is 170 Å². The Balaban J connectivity index is 1.50. The lowest BCUT2D eigenvalue weighted by atomic mass is 10.1. The van der Waals surface area contributed by atoms with Gasteiger partial charge in [0.2, 0.25) is 0 Å². The maximum atomic E-state index is 12.4. The van der Waals surface area contributed by atoms with E-state index in [0.29, 0.717) is 27.5 Å². The maximum Gasteiger partial charge on any atom is 0.257 e. The molecular weight excluding hydrogens is 384 g/mol. The van der Waals surface area contributed by atoms with Crippen molar-refractivity contribution in [3.05, 3.63) is 89.5 Å². The van der Waals surface area contributed by atoms with Gasteiger partial charge >= 0.3 is 0 Å². The van der Waals surface area contributed by atoms with E-state index in [0.717, 1.165) is 10.2 Å². The normalized spacial score (nSPS) is 10.3. The minimum atomic E-state index is -0.268. The van der Waals surface area contributed by atoms with Gasteiger partial charge in [0.05, 0.1) is 21.8 Å². The number of amides is 2. The van der Waals surface area contributed by atoms with E-state index in [2.05, 4.69) is 15.6 Å². The van der Waals surface area contributed by atoms with E-state index in [1.165, 1.54) is 11.3 Å². The molecule has 1 heterocycles. The summed E-state index contributed by atoms with van der Waals surface area (Å²) in [5.41, 5.74) is 2.87. The molecule has 2 N–H and O–H groups in total. The summed E-state index contributed by atoms with van der Waals surface area (Å²) in [6.45, 7) is 0. The first-order valence-electron chi connectivity index (χ1n) is 8.71. The molecule has 0 radical (unpaired) electrons. The Morgan fingerprint density at radius 3 is 2.28 bits per heavy atom. The molecule has 0 unspecified atom stereocenters. The van der Waals surface area contributed by atoms with Crippen LogP contribution in [0.3, 0.4) is 0 Å². The molecule has 2 amide bonds. The zero-order valence-electron chi connectivity index (χ0n) is 15.0. The van der Waals surface area contributed by atoms with Gasteiger partial charge in [-0.1, -0.05) is 29.5 Å². The average molecular weight is 398 g/mol. The number of benzene rings is 3. The predicted octanol–water partition coefficient (Wildman–Crippen LogP) is 4.67. The molecule has 0 aliphatic rings. The number of aromatic nitrogens is 1. The van der Waals surface area contributed by atoms with Crippen LogP contribution in [0, 0.1) is 11.3 Å². The highest BCUT2D eigenvalue weighted by molar-refractivity contribution is 7.22. The van der Waals surface area contributed by atoms with Crippen LogP contribution in [-0.2, 0) is 0 Å². The van der Waals surface area contributed by atoms with Crippen LogP contribution >= 0.6 is 11.3 Å². The molecule has 0 bridgehead atoms. The third-order valence-corrected chi connectivity index (χ3v) is 5.11. The van der Waals surface area contributed by atoms with E-state index in [1.807, 2.05) is 18.2 Å². The molecule has 7 heteroatoms. The summed E-state index contributed by atoms with van der Waals surface area (Å²) in [5, 5.41) is 15.0. The van der Waals surface area contributed by atoms with Gasteiger partial charge in [-0.25, -0.2) is 4.98 Å². The lowest BCUT2D eigenvalue weighted by Crippen LogP contribution is -2.11. The molecule has 4 rings (SSSR count). The summed E-state index contributed by atoms with van der Waals surface area (Å²) in [5.74, 6) is -0.491. The van der Waals surface area contributed by atoms with Crippen molar-refractivity contribution in [2.45, 2.75) is 0 Å². The molecule has 0 saturated heterocycles. The van der Waals surface area contributed by atoms with E-state index in [-0.39, 0.29) is 11.8 Å². The topological polar surface area (TPSA) is 94.9 Å². The second-order valence-electron chi connectivity index (χ2n) is 6.16. The molecule has 0 spiro atoms. The number of carbonyl (C=O) groups is 2. The second kappa shape index (κ2) is 7.92. The van der Waals surface area contributed by atoms with Crippen molar-refractivity contribution in [1.82, 2.24) is 4.98 Å². The highest BCUT2D eigenvalue weighted by Gasteiger charge is 2.11. The maximum absolute atomic E-state index is 12.4. The fraction of sp³-hybridized carbons (Fsp3) is 0. The summed E-state index contributed by atoms with van der Waals surface area (Å²) >= 11 is 1.33. The van der Waals surface area contributed by atoms with Gasteiger partial charge in [0.1, 0.15) is 0 Å². The van der Waals surface area contributed by atoms with Crippen molar-refractivity contribution >= 4 is 44.2 Å². The van der Waals surface area contributed by atoms with Gasteiger partial charge in [-0.2, -0.15) is 5.26 Å². The highest BCUT2D eigenvalue weighted by Crippen LogP contribution is 2.29. The van der Waals surface area contributed by atoms with E-state index < -0.39 is 0 Å². The molecule has 29 heavy (non-hydrogen) atoms. The van der Waals surface area contributed by atoms with Crippen LogP contribution in [-0.4, -0.2) is 16.8 Å². The van der Waals surface area contributed by atoms with Crippen molar-refractivity contribution in [1.29, 1.82) is 5.26 Å². The van der Waals surface area contributed by atoms with Crippen molar-refractivity contribution in [3.63, 3.8) is 0 Å². The number of nitriles is 1. The van der Waals surface area contributed by atoms with Crippen molar-refractivity contribution in [3.8, 4) is 6.07 Å². The smallest absolute Gasteiger partial charge is 0.257 e. The number of fused-ring (bicyclic) bond motifs is 1. The van der Waals surface area contributed by atoms with E-state index >= 15 is 0 Å². The van der Waals surface area contributed by atoms with E-state index in [1.54, 1.807) is 60.7 Å². The summed E-state index contributed by atoms with van der Waals surface area (Å²) < 4.78 is 0.839. The quantitative estimate of drug-likeness (QED) is 0.522. The number of nitrogens with zero attached hydrogens (tertiary/aromatic N) is 2. The number of nitrogens with one attached hydrogen (secondary N) is 2. The molecule has 0 aliphatic heterocycles. The first kappa shape index (κ1) is 18.3. The van der Waals surface area contributed by atoms with Gasteiger partial charge in [0.15, 0.2) is 5.13 Å². The number of rotatable bonds is 4. The molecule has 3 aromatic carbocycles. The summed E-state index contributed by atoms with van der Waals surface area (Å²) in [4.78, 5) is 29.1. The van der Waals surface area contributed by atoms with Gasteiger partial charge in [-0.05, 0) is 54.6 Å². The average Bonchev–Trinajstić information content (AvgIpc) is 3.15. The lowest BCUT2D eigenvalue weighted by Gasteiger charge is -2.05. The highest BCUT2D eigenvalue weighted by atomic mass is 32.1. The fourth-order valence-electron chi connectivity index (χ4n) is 2.71. The van der Waals surface area contributed by atoms with Crippen molar-refractivity contribution in [2.24, 2.45) is 0 Å². The Morgan fingerprint density at radius 1 is 0.862 bits per heavy atom. The van der Waals surface area contributed by atoms with Gasteiger partial charge < -0.3 is 5.32 Å². The molecule has 1 aromatic heterocycles. The van der Waals surface area contributed by atoms with Crippen LogP contribution in [0.4, 0.5) is 10.8 Å². The summed E-state index contributed by atoms with van der Waals surface area (Å²) in [6.07, 6.45) is 0. The van der Waals surface area contributed by atoms with E-state index in [4.69, 9.17) is 5.26 Å². The summed E-state index contributed by atoms with van der Waals surface area (Å²) in [7, 11) is 0. The number of anilines is 2. The Morgan fingerprint density at radius 2 is 1.55 bits per heavy atom. The van der Waals surface area contributed by atoms with Crippen LogP contribution in [0.15, 0.2) is 72.8 Å². The largest absolute Gasteiger partial charge is 0.322 e. The van der Waals surface area contributed by atoms with Gasteiger partial charge in [-0.3, -0.25) is 14.9 Å². The van der Waals surface area contributed by atoms with Crippen LogP contribution < -0.4 is 10.6 Å². The number of hydrogen-bond donors (Lipinski definition) is 2. The van der Waals surface area contributed by atoms with Crippen LogP contribution in [0.25, 0.3) is 10.2 Å². The number of thiazole rings is 1. The van der Waals surface area contributed by atoms with Crippen molar-refractivity contribution < 1.29 is 9.59 Å². The zero-order valence-corrected chi connectivity index (χ0v) is 15.9. The minimum absolute atomic E-state index is 0.223. The van der Waals surface area contributed by atoms with Gasteiger partial charge in [0, 0.05) is 16.8 Å². The molecule has 0 saturated carbocycles. The standard InChI is InChI=1S/C22H14N4O2S/c23-13-14-6-8-16(9-7-14)20(27)24-17-10-11-18-19(12-17)29-22(25-18)26-21(28)15-4-2-1-3-5-15/h1-12H,(H,24,27)(H,25,26,28). The Kier molecular flexibility index (Phi) is 5.01. The molecule has 0 atom stereocenters. The molecule has 6 nitrogen and oxygen atoms in total. The Bertz CT molecular complexity index is 1240. The van der Waals surface area contributed by atoms with Crippen LogP contribution in [0.2, 0.25) is 0 Å². The predicted molar refractivity (Wildman–Crippen MR) is 113 cm³/mol. The lowest BCUT2D eigenvalue weighted by molar-refractivity contribution is 0.101. The van der Waals surface area contributed by atoms with Crippen LogP contribution in [0.5, 0.6) is 0 Å². The molecule has 140 valence electrons. The van der Waals surface area contributed by atoms with Crippen molar-refractivity contribution in [2.75, 3.05) is 10.6 Å². The molecule has 0 fully saturated rings. The van der Waals surface area contributed by atoms with Gasteiger partial charge in [-0.15, -0.1) is 0 Å². The molecule has 4 aromatic rings. The minimum Gasteiger partial charge on any atom is -0.322 e. The zero-order chi connectivity index (χ0) is 20.2. The van der Waals surface area contributed by atoms with E-state index in [9.17, 15) is 9.59 Å². The summed E-state index contributed by atoms with van der Waals surface area (Å²) in [6, 6.07) is 22.7. The molecular formula is C22H14N4O2S. The number of hydrogen-bond acceptors (Lipinski definition) is 5. The Hall–Kier alpha value is -4.02. The third-order valence-electron chi connectivity index (χ3n) is 4.18. The third kappa shape index (κ3) is 4.13. The van der Waals surface area contributed by atoms with Crippen LogP contribution in [0.1, 0.15) is 26.3 Å². The monoisotopic (exact) mass is 398 g/mol.